The van der Waals surface area contributed by atoms with Crippen LogP contribution in [0, 0.1) is 0 Å². The molecule has 1 atom stereocenters. The minimum absolute atomic E-state index is 0.0735. The number of nitrogens with zero attached hydrogens (tertiary/aromatic N) is 3. The standard InChI is InChI=1S/C20H18BrN3O3S/c1-26-17-8-5-13(9-18(17)27-2)16-10-15(12-3-6-14(21)7-4-12)23-24(16)20-22-19(25)11-28-20/h3-9,16H,10-11H2,1-2H3. The monoisotopic (exact) mass is 459 g/mol. The van der Waals surface area contributed by atoms with Crippen LogP contribution in [0.4, 0.5) is 0 Å². The fourth-order valence-corrected chi connectivity index (χ4v) is 4.29. The molecule has 2 aromatic rings. The number of amidine groups is 1. The summed E-state index contributed by atoms with van der Waals surface area (Å²) in [7, 11) is 3.23. The summed E-state index contributed by atoms with van der Waals surface area (Å²) in [6.45, 7) is 0. The van der Waals surface area contributed by atoms with Crippen molar-refractivity contribution in [3.05, 3.63) is 58.1 Å². The van der Waals surface area contributed by atoms with Crippen LogP contribution >= 0.6 is 27.7 Å². The molecule has 0 N–H and O–H groups in total. The van der Waals surface area contributed by atoms with E-state index in [9.17, 15) is 4.79 Å². The molecule has 0 bridgehead atoms. The second-order valence-electron chi connectivity index (χ2n) is 6.31. The number of ether oxygens (including phenoxy) is 2. The number of methoxy groups -OCH3 is 2. The molecule has 0 radical (unpaired) electrons. The topological polar surface area (TPSA) is 63.5 Å². The van der Waals surface area contributed by atoms with E-state index in [1.807, 2.05) is 47.5 Å². The van der Waals surface area contributed by atoms with Crippen molar-refractivity contribution in [2.24, 2.45) is 10.1 Å². The lowest BCUT2D eigenvalue weighted by Crippen LogP contribution is -2.23. The van der Waals surface area contributed by atoms with E-state index in [1.165, 1.54) is 11.8 Å². The first-order chi connectivity index (χ1) is 13.6. The molecule has 0 fully saturated rings. The number of hydrazone groups is 1. The molecular formula is C20H18BrN3O3S. The number of rotatable bonds is 4. The number of hydrogen-bond acceptors (Lipinski definition) is 6. The lowest BCUT2D eigenvalue weighted by molar-refractivity contribution is -0.115. The van der Waals surface area contributed by atoms with E-state index in [0.29, 0.717) is 28.8 Å². The second kappa shape index (κ2) is 7.97. The average Bonchev–Trinajstić information content (AvgIpc) is 3.34. The van der Waals surface area contributed by atoms with Gasteiger partial charge in [-0.2, -0.15) is 10.1 Å². The predicted octanol–water partition coefficient (Wildman–Crippen LogP) is 4.25. The van der Waals surface area contributed by atoms with Crippen LogP contribution < -0.4 is 9.47 Å². The fourth-order valence-electron chi connectivity index (χ4n) is 3.24. The summed E-state index contributed by atoms with van der Waals surface area (Å²) in [6, 6.07) is 13.8. The molecule has 8 heteroatoms. The summed E-state index contributed by atoms with van der Waals surface area (Å²) in [5.41, 5.74) is 3.03. The Morgan fingerprint density at radius 1 is 1.11 bits per heavy atom. The van der Waals surface area contributed by atoms with Crippen LogP contribution in [0.25, 0.3) is 0 Å². The van der Waals surface area contributed by atoms with Crippen molar-refractivity contribution in [3.63, 3.8) is 0 Å². The largest absolute Gasteiger partial charge is 0.493 e. The van der Waals surface area contributed by atoms with Gasteiger partial charge >= 0.3 is 0 Å². The summed E-state index contributed by atoms with van der Waals surface area (Å²) in [5, 5.41) is 7.31. The summed E-state index contributed by atoms with van der Waals surface area (Å²) >= 11 is 4.89. The molecule has 1 amide bonds. The summed E-state index contributed by atoms with van der Waals surface area (Å²) < 4.78 is 11.8. The van der Waals surface area contributed by atoms with Crippen LogP contribution in [-0.2, 0) is 4.79 Å². The van der Waals surface area contributed by atoms with Crippen molar-refractivity contribution in [1.82, 2.24) is 5.01 Å². The number of carbonyl (C=O) groups excluding carboxylic acids is 1. The normalized spacial score (nSPS) is 18.9. The molecule has 2 aliphatic heterocycles. The van der Waals surface area contributed by atoms with E-state index >= 15 is 0 Å². The summed E-state index contributed by atoms with van der Waals surface area (Å²) in [4.78, 5) is 15.9. The van der Waals surface area contributed by atoms with E-state index in [4.69, 9.17) is 14.6 Å². The van der Waals surface area contributed by atoms with Gasteiger partial charge in [0, 0.05) is 10.9 Å². The minimum Gasteiger partial charge on any atom is -0.493 e. The zero-order chi connectivity index (χ0) is 19.7. The van der Waals surface area contributed by atoms with Gasteiger partial charge in [-0.25, -0.2) is 5.01 Å². The van der Waals surface area contributed by atoms with Gasteiger partial charge in [0.1, 0.15) is 0 Å². The first-order valence-corrected chi connectivity index (χ1v) is 10.5. The average molecular weight is 460 g/mol. The molecule has 28 heavy (non-hydrogen) atoms. The van der Waals surface area contributed by atoms with Crippen LogP contribution in [0.1, 0.15) is 23.6 Å². The van der Waals surface area contributed by atoms with Gasteiger partial charge < -0.3 is 9.47 Å². The number of carbonyl (C=O) groups is 1. The number of amides is 1. The summed E-state index contributed by atoms with van der Waals surface area (Å²) in [5.74, 6) is 1.56. The van der Waals surface area contributed by atoms with Gasteiger partial charge in [-0.05, 0) is 35.4 Å². The highest BCUT2D eigenvalue weighted by atomic mass is 79.9. The van der Waals surface area contributed by atoms with E-state index in [2.05, 4.69) is 20.9 Å². The molecule has 6 nitrogen and oxygen atoms in total. The number of hydrogen-bond donors (Lipinski definition) is 0. The maximum Gasteiger partial charge on any atom is 0.258 e. The van der Waals surface area contributed by atoms with Crippen LogP contribution in [0.3, 0.4) is 0 Å². The smallest absolute Gasteiger partial charge is 0.258 e. The van der Waals surface area contributed by atoms with Crippen molar-refractivity contribution in [3.8, 4) is 11.5 Å². The van der Waals surface area contributed by atoms with E-state index in [-0.39, 0.29) is 11.9 Å². The fraction of sp³-hybridized carbons (Fsp3) is 0.250. The molecule has 2 aromatic carbocycles. The SMILES string of the molecule is COc1ccc(C2CC(c3ccc(Br)cc3)=NN2C2=NC(=O)CS2)cc1OC. The maximum absolute atomic E-state index is 11.7. The molecule has 0 aliphatic carbocycles. The molecule has 0 saturated carbocycles. The Labute approximate surface area is 175 Å². The van der Waals surface area contributed by atoms with Crippen molar-refractivity contribution in [1.29, 1.82) is 0 Å². The number of aliphatic imine (C=N–C) groups is 1. The Hall–Kier alpha value is -2.32. The van der Waals surface area contributed by atoms with Gasteiger partial charge in [-0.15, -0.1) is 0 Å². The third-order valence-corrected chi connectivity index (χ3v) is 6.08. The number of thioether (sulfide) groups is 1. The molecule has 4 rings (SSSR count). The molecule has 144 valence electrons. The predicted molar refractivity (Wildman–Crippen MR) is 114 cm³/mol. The molecule has 0 saturated heterocycles. The Kier molecular flexibility index (Phi) is 5.41. The van der Waals surface area contributed by atoms with Crippen molar-refractivity contribution in [2.45, 2.75) is 12.5 Å². The van der Waals surface area contributed by atoms with Crippen molar-refractivity contribution in [2.75, 3.05) is 20.0 Å². The van der Waals surface area contributed by atoms with Crippen molar-refractivity contribution >= 4 is 44.5 Å². The van der Waals surface area contributed by atoms with Crippen LogP contribution in [0.2, 0.25) is 0 Å². The zero-order valence-electron chi connectivity index (χ0n) is 15.4. The lowest BCUT2D eigenvalue weighted by Gasteiger charge is -2.23. The van der Waals surface area contributed by atoms with E-state index in [0.717, 1.165) is 21.3 Å². The highest BCUT2D eigenvalue weighted by Crippen LogP contribution is 2.39. The van der Waals surface area contributed by atoms with E-state index in [1.54, 1.807) is 14.2 Å². The number of halogens is 1. The van der Waals surface area contributed by atoms with Gasteiger partial charge in [-0.3, -0.25) is 4.79 Å². The van der Waals surface area contributed by atoms with Gasteiger partial charge in [0.15, 0.2) is 16.7 Å². The highest BCUT2D eigenvalue weighted by molar-refractivity contribution is 9.10. The first-order valence-electron chi connectivity index (χ1n) is 8.68. The molecule has 2 heterocycles. The van der Waals surface area contributed by atoms with Gasteiger partial charge in [0.05, 0.1) is 31.7 Å². The van der Waals surface area contributed by atoms with Crippen molar-refractivity contribution < 1.29 is 14.3 Å². The second-order valence-corrected chi connectivity index (χ2v) is 8.17. The van der Waals surface area contributed by atoms with Gasteiger partial charge in [0.25, 0.3) is 5.91 Å². The molecule has 0 spiro atoms. The lowest BCUT2D eigenvalue weighted by atomic mass is 9.98. The van der Waals surface area contributed by atoms with Crippen LogP contribution in [0.5, 0.6) is 11.5 Å². The molecule has 0 aromatic heterocycles. The third-order valence-electron chi connectivity index (χ3n) is 4.62. The Morgan fingerprint density at radius 2 is 1.86 bits per heavy atom. The Balaban J connectivity index is 1.72. The third kappa shape index (κ3) is 3.66. The minimum atomic E-state index is -0.127. The Bertz CT molecular complexity index is 975. The number of benzene rings is 2. The zero-order valence-corrected chi connectivity index (χ0v) is 17.8. The Morgan fingerprint density at radius 3 is 2.50 bits per heavy atom. The first kappa shape index (κ1) is 19.0. The highest BCUT2D eigenvalue weighted by Gasteiger charge is 2.35. The van der Waals surface area contributed by atoms with Crippen LogP contribution in [0.15, 0.2) is 57.0 Å². The molecule has 1 unspecified atom stereocenters. The maximum atomic E-state index is 11.7. The molecule has 2 aliphatic rings. The van der Waals surface area contributed by atoms with Gasteiger partial charge in [0.2, 0.25) is 0 Å². The quantitative estimate of drug-likeness (QED) is 0.683. The van der Waals surface area contributed by atoms with Gasteiger partial charge in [-0.1, -0.05) is 45.9 Å². The molecular weight excluding hydrogens is 442 g/mol. The van der Waals surface area contributed by atoms with E-state index < -0.39 is 0 Å². The summed E-state index contributed by atoms with van der Waals surface area (Å²) in [6.07, 6.45) is 0.699. The van der Waals surface area contributed by atoms with Crippen LogP contribution in [-0.4, -0.2) is 41.8 Å².